The predicted molar refractivity (Wildman–Crippen MR) is 89.4 cm³/mol. The Labute approximate surface area is 141 Å². The topological polar surface area (TPSA) is 59.0 Å². The highest BCUT2D eigenvalue weighted by atomic mass is 16.5. The minimum Gasteiger partial charge on any atom is -0.493 e. The number of hydrogen-bond acceptors (Lipinski definition) is 4. The number of allylic oxidation sites excluding steroid dienone is 2. The molecule has 2 bridgehead atoms. The third-order valence-corrected chi connectivity index (χ3v) is 5.27. The number of carbonyl (C=O) groups excluding carboxylic acids is 2. The molecule has 1 aromatic rings. The Morgan fingerprint density at radius 2 is 1.75 bits per heavy atom. The molecule has 124 valence electrons. The van der Waals surface area contributed by atoms with E-state index in [2.05, 4.69) is 17.3 Å². The molecular formula is C19H20N2O3. The molecule has 0 radical (unpaired) electrons. The van der Waals surface area contributed by atoms with Crippen LogP contribution in [-0.4, -0.2) is 29.6 Å². The second kappa shape index (κ2) is 5.89. The Kier molecular flexibility index (Phi) is 3.71. The van der Waals surface area contributed by atoms with Crippen molar-refractivity contribution in [3.05, 3.63) is 42.0 Å². The number of fused-ring (bicyclic) bond motifs is 1. The molecule has 1 saturated heterocycles. The molecule has 0 spiro atoms. The van der Waals surface area contributed by atoms with Crippen LogP contribution in [0.1, 0.15) is 25.3 Å². The van der Waals surface area contributed by atoms with Crippen LogP contribution in [0.5, 0.6) is 5.75 Å². The summed E-state index contributed by atoms with van der Waals surface area (Å²) in [5.74, 6) is 0.311. The zero-order valence-corrected chi connectivity index (χ0v) is 13.6. The van der Waals surface area contributed by atoms with E-state index in [1.165, 1.54) is 0 Å². The van der Waals surface area contributed by atoms with E-state index in [0.717, 1.165) is 23.4 Å². The number of ether oxygens (including phenoxy) is 1. The lowest BCUT2D eigenvalue weighted by atomic mass is 9.63. The molecule has 3 aliphatic carbocycles. The molecule has 1 heterocycles. The molecule has 2 amide bonds. The van der Waals surface area contributed by atoms with E-state index in [1.54, 1.807) is 6.21 Å². The van der Waals surface area contributed by atoms with Crippen molar-refractivity contribution in [2.24, 2.45) is 28.8 Å². The van der Waals surface area contributed by atoms with Crippen molar-refractivity contribution in [1.82, 2.24) is 5.01 Å². The average molecular weight is 324 g/mol. The first kappa shape index (κ1) is 15.1. The fraction of sp³-hybridized carbons (Fsp3) is 0.421. The molecule has 5 rings (SSSR count). The third-order valence-electron chi connectivity index (χ3n) is 5.27. The first-order valence-corrected chi connectivity index (χ1v) is 8.52. The van der Waals surface area contributed by atoms with Gasteiger partial charge in [0, 0.05) is 5.56 Å². The first-order chi connectivity index (χ1) is 11.7. The van der Waals surface area contributed by atoms with Crippen molar-refractivity contribution in [1.29, 1.82) is 0 Å². The molecular weight excluding hydrogens is 304 g/mol. The molecule has 1 aromatic carbocycles. The molecule has 5 nitrogen and oxygen atoms in total. The monoisotopic (exact) mass is 324 g/mol. The maximum absolute atomic E-state index is 12.7. The van der Waals surface area contributed by atoms with E-state index >= 15 is 0 Å². The van der Waals surface area contributed by atoms with E-state index in [1.807, 2.05) is 31.2 Å². The Morgan fingerprint density at radius 1 is 1.12 bits per heavy atom. The van der Waals surface area contributed by atoms with Crippen molar-refractivity contribution < 1.29 is 14.3 Å². The highest BCUT2D eigenvalue weighted by Crippen LogP contribution is 2.49. The van der Waals surface area contributed by atoms with Gasteiger partial charge in [0.05, 0.1) is 24.7 Å². The van der Waals surface area contributed by atoms with Crippen molar-refractivity contribution >= 4 is 18.0 Å². The summed E-state index contributed by atoms with van der Waals surface area (Å²) in [7, 11) is 0. The molecule has 0 aromatic heterocycles. The summed E-state index contributed by atoms with van der Waals surface area (Å²) >= 11 is 0. The van der Waals surface area contributed by atoms with Crippen LogP contribution in [0.15, 0.2) is 41.5 Å². The zero-order valence-electron chi connectivity index (χ0n) is 13.6. The van der Waals surface area contributed by atoms with Crippen LogP contribution >= 0.6 is 0 Å². The zero-order chi connectivity index (χ0) is 16.7. The van der Waals surface area contributed by atoms with Crippen LogP contribution in [0.2, 0.25) is 0 Å². The number of hydrogen-bond donors (Lipinski definition) is 0. The molecule has 4 aliphatic rings. The van der Waals surface area contributed by atoms with Gasteiger partial charge >= 0.3 is 0 Å². The third kappa shape index (κ3) is 2.27. The Bertz CT molecular complexity index is 708. The van der Waals surface area contributed by atoms with Crippen LogP contribution in [0.4, 0.5) is 0 Å². The number of para-hydroxylation sites is 1. The summed E-state index contributed by atoms with van der Waals surface area (Å²) in [5, 5.41) is 5.30. The minimum absolute atomic E-state index is 0.158. The van der Waals surface area contributed by atoms with Gasteiger partial charge in [-0.25, -0.2) is 0 Å². The van der Waals surface area contributed by atoms with Gasteiger partial charge in [0.15, 0.2) is 0 Å². The number of benzene rings is 1. The fourth-order valence-electron chi connectivity index (χ4n) is 4.17. The van der Waals surface area contributed by atoms with E-state index in [4.69, 9.17) is 4.74 Å². The van der Waals surface area contributed by atoms with E-state index in [0.29, 0.717) is 12.4 Å². The summed E-state index contributed by atoms with van der Waals surface area (Å²) in [6.45, 7) is 2.46. The quantitative estimate of drug-likeness (QED) is 0.486. The van der Waals surface area contributed by atoms with Crippen molar-refractivity contribution in [3.8, 4) is 5.75 Å². The second-order valence-corrected chi connectivity index (χ2v) is 6.55. The lowest BCUT2D eigenvalue weighted by Crippen LogP contribution is -2.38. The summed E-state index contributed by atoms with van der Waals surface area (Å²) in [6, 6.07) is 7.47. The SMILES string of the molecule is CCOc1ccccc1/C=N\N1C(=O)[C@@H]2[C@@H](C1=O)[C@H]1C=C[C@H]2CC1. The number of carbonyl (C=O) groups is 2. The molecule has 1 saturated carbocycles. The van der Waals surface area contributed by atoms with E-state index in [-0.39, 0.29) is 35.5 Å². The van der Waals surface area contributed by atoms with Gasteiger partial charge in [-0.1, -0.05) is 24.3 Å². The molecule has 0 N–H and O–H groups in total. The Balaban J connectivity index is 1.60. The normalized spacial score (nSPS) is 31.1. The van der Waals surface area contributed by atoms with Gasteiger partial charge in [0.25, 0.3) is 11.8 Å². The largest absolute Gasteiger partial charge is 0.493 e. The molecule has 5 heteroatoms. The van der Waals surface area contributed by atoms with Gasteiger partial charge in [0.2, 0.25) is 0 Å². The van der Waals surface area contributed by atoms with Crippen molar-refractivity contribution in [2.75, 3.05) is 6.61 Å². The highest BCUT2D eigenvalue weighted by molar-refractivity contribution is 6.06. The maximum atomic E-state index is 12.7. The van der Waals surface area contributed by atoms with Gasteiger partial charge in [-0.2, -0.15) is 10.1 Å². The Morgan fingerprint density at radius 3 is 2.33 bits per heavy atom. The van der Waals surface area contributed by atoms with Gasteiger partial charge in [-0.15, -0.1) is 0 Å². The van der Waals surface area contributed by atoms with Crippen molar-refractivity contribution in [3.63, 3.8) is 0 Å². The number of imide groups is 1. The van der Waals surface area contributed by atoms with Gasteiger partial charge in [0.1, 0.15) is 5.75 Å². The molecule has 0 unspecified atom stereocenters. The van der Waals surface area contributed by atoms with Gasteiger partial charge in [-0.05, 0) is 43.7 Å². The molecule has 1 aliphatic heterocycles. The summed E-state index contributed by atoms with van der Waals surface area (Å²) in [4.78, 5) is 25.4. The summed E-state index contributed by atoms with van der Waals surface area (Å²) < 4.78 is 5.55. The van der Waals surface area contributed by atoms with Crippen LogP contribution < -0.4 is 4.74 Å². The minimum atomic E-state index is -0.222. The van der Waals surface area contributed by atoms with Gasteiger partial charge in [-0.3, -0.25) is 9.59 Å². The number of hydrazone groups is 1. The lowest BCUT2D eigenvalue weighted by Gasteiger charge is -2.37. The van der Waals surface area contributed by atoms with Crippen LogP contribution in [0, 0.1) is 23.7 Å². The fourth-order valence-corrected chi connectivity index (χ4v) is 4.17. The van der Waals surface area contributed by atoms with Crippen LogP contribution in [-0.2, 0) is 9.59 Å². The number of amides is 2. The molecule has 2 fully saturated rings. The molecule has 24 heavy (non-hydrogen) atoms. The summed E-state index contributed by atoms with van der Waals surface area (Å²) in [5.41, 5.74) is 0.760. The summed E-state index contributed by atoms with van der Waals surface area (Å²) in [6.07, 6.45) is 7.75. The first-order valence-electron chi connectivity index (χ1n) is 8.52. The van der Waals surface area contributed by atoms with Crippen molar-refractivity contribution in [2.45, 2.75) is 19.8 Å². The lowest BCUT2D eigenvalue weighted by molar-refractivity contribution is -0.140. The molecule has 4 atom stereocenters. The smallest absolute Gasteiger partial charge is 0.254 e. The highest BCUT2D eigenvalue weighted by Gasteiger charge is 2.56. The van der Waals surface area contributed by atoms with Crippen LogP contribution in [0.25, 0.3) is 0 Å². The predicted octanol–water partition coefficient (Wildman–Crippen LogP) is 2.62. The van der Waals surface area contributed by atoms with E-state index in [9.17, 15) is 9.59 Å². The maximum Gasteiger partial charge on any atom is 0.254 e. The average Bonchev–Trinajstić information content (AvgIpc) is 2.89. The Hall–Kier alpha value is -2.43. The number of nitrogens with zero attached hydrogens (tertiary/aromatic N) is 2. The standard InChI is InChI=1S/C19H20N2O3/c1-2-24-15-6-4-3-5-14(15)11-20-21-18(22)16-12-7-8-13(10-9-12)17(16)19(21)23/h3-8,11-13,16-17H,2,9-10H2,1H3/b20-11-/t12-,13-,16-,17-/m0/s1. The van der Waals surface area contributed by atoms with E-state index < -0.39 is 0 Å². The second-order valence-electron chi connectivity index (χ2n) is 6.55. The van der Waals surface area contributed by atoms with Crippen LogP contribution in [0.3, 0.4) is 0 Å². The number of rotatable bonds is 4. The van der Waals surface area contributed by atoms with Gasteiger partial charge < -0.3 is 4.74 Å².